The molecule has 18 heavy (non-hydrogen) atoms. The number of nitrogens with zero attached hydrogens (tertiary/aromatic N) is 2. The number of hydrogen-bond donors (Lipinski definition) is 4. The van der Waals surface area contributed by atoms with Gasteiger partial charge in [0.2, 0.25) is 5.96 Å². The predicted octanol–water partition coefficient (Wildman–Crippen LogP) is 0.0394. The number of nitrogens with two attached hydrogens (primary N) is 1. The van der Waals surface area contributed by atoms with E-state index in [1.54, 1.807) is 5.48 Å². The number of amides is 1. The van der Waals surface area contributed by atoms with Gasteiger partial charge in [0.15, 0.2) is 0 Å². The van der Waals surface area contributed by atoms with Crippen molar-refractivity contribution >= 4 is 29.0 Å². The Kier molecular flexibility index (Phi) is 3.05. The van der Waals surface area contributed by atoms with Crippen molar-refractivity contribution in [3.05, 3.63) is 29.6 Å². The maximum absolute atomic E-state index is 13.1. The molecule has 1 aliphatic heterocycles. The van der Waals surface area contributed by atoms with Gasteiger partial charge in [0.25, 0.3) is 5.91 Å². The molecule has 0 aliphatic carbocycles. The molecule has 0 saturated heterocycles. The Morgan fingerprint density at radius 2 is 2.33 bits per heavy atom. The molecule has 0 bridgehead atoms. The molecule has 1 aromatic carbocycles. The van der Waals surface area contributed by atoms with Gasteiger partial charge in [0.1, 0.15) is 11.4 Å². The van der Waals surface area contributed by atoms with Crippen LogP contribution in [0.15, 0.2) is 28.4 Å². The standard InChI is InChI=1S/C10H8FN5O2/c11-5-1-2-8-6(3-5)7(9(17)14-8)4-13-15-10(12)16-18/h1-3,18H,(H,14,17)(H3,12,15,16). The lowest BCUT2D eigenvalue weighted by atomic mass is 10.1. The van der Waals surface area contributed by atoms with E-state index in [0.717, 1.165) is 0 Å². The van der Waals surface area contributed by atoms with E-state index in [9.17, 15) is 9.18 Å². The third kappa shape index (κ3) is 2.19. The van der Waals surface area contributed by atoms with Gasteiger partial charge < -0.3 is 11.1 Å². The molecule has 7 nitrogen and oxygen atoms in total. The van der Waals surface area contributed by atoms with Gasteiger partial charge in [-0.2, -0.15) is 0 Å². The highest BCUT2D eigenvalue weighted by Crippen LogP contribution is 2.30. The lowest BCUT2D eigenvalue weighted by Gasteiger charge is -1.95. The molecule has 5 N–H and O–H groups in total. The number of fused-ring (bicyclic) bond motifs is 1. The summed E-state index contributed by atoms with van der Waals surface area (Å²) in [5.41, 5.74) is 7.50. The normalized spacial score (nSPS) is 13.8. The van der Waals surface area contributed by atoms with Gasteiger partial charge in [0.05, 0.1) is 5.69 Å². The highest BCUT2D eigenvalue weighted by molar-refractivity contribution is 6.37. The zero-order chi connectivity index (χ0) is 13.1. The average Bonchev–Trinajstić information content (AvgIpc) is 2.65. The minimum absolute atomic E-state index is 0.0407. The van der Waals surface area contributed by atoms with E-state index in [1.165, 1.54) is 18.2 Å². The van der Waals surface area contributed by atoms with E-state index >= 15 is 0 Å². The van der Waals surface area contributed by atoms with Crippen LogP contribution in [0.5, 0.6) is 0 Å². The molecule has 0 unspecified atom stereocenters. The Morgan fingerprint density at radius 1 is 1.56 bits per heavy atom. The summed E-state index contributed by atoms with van der Waals surface area (Å²) in [7, 11) is 0. The van der Waals surface area contributed by atoms with Crippen LogP contribution < -0.4 is 16.5 Å². The summed E-state index contributed by atoms with van der Waals surface area (Å²) in [6.07, 6.45) is 0. The molecule has 1 aromatic rings. The Bertz CT molecular complexity index is 604. The smallest absolute Gasteiger partial charge is 0.265 e. The van der Waals surface area contributed by atoms with Crippen molar-refractivity contribution in [2.75, 3.05) is 5.32 Å². The van der Waals surface area contributed by atoms with Crippen molar-refractivity contribution in [3.8, 4) is 0 Å². The maximum atomic E-state index is 13.1. The molecule has 0 spiro atoms. The zero-order valence-electron chi connectivity index (χ0n) is 8.94. The molecular formula is C10H8FN5O2. The van der Waals surface area contributed by atoms with Crippen LogP contribution in [0.2, 0.25) is 0 Å². The van der Waals surface area contributed by atoms with E-state index in [4.69, 9.17) is 10.9 Å². The second kappa shape index (κ2) is 4.66. The van der Waals surface area contributed by atoms with E-state index in [0.29, 0.717) is 11.3 Å². The predicted molar refractivity (Wildman–Crippen MR) is 62.4 cm³/mol. The Morgan fingerprint density at radius 3 is 3.06 bits per heavy atom. The van der Waals surface area contributed by atoms with Crippen molar-refractivity contribution in [1.82, 2.24) is 5.48 Å². The number of rotatable bonds is 1. The van der Waals surface area contributed by atoms with E-state index < -0.39 is 11.7 Å². The highest BCUT2D eigenvalue weighted by Gasteiger charge is 2.24. The van der Waals surface area contributed by atoms with Gasteiger partial charge in [-0.3, -0.25) is 10.0 Å². The van der Waals surface area contributed by atoms with Crippen molar-refractivity contribution in [1.29, 1.82) is 0 Å². The average molecular weight is 249 g/mol. The van der Waals surface area contributed by atoms with Crippen molar-refractivity contribution in [2.45, 2.75) is 0 Å². The van der Waals surface area contributed by atoms with Gasteiger partial charge in [-0.25, -0.2) is 9.87 Å². The molecule has 0 aromatic heterocycles. The number of halogens is 1. The topological polar surface area (TPSA) is 112 Å². The second-order valence-corrected chi connectivity index (χ2v) is 3.33. The zero-order valence-corrected chi connectivity index (χ0v) is 8.94. The molecular weight excluding hydrogens is 241 g/mol. The maximum Gasteiger partial charge on any atom is 0.265 e. The molecule has 1 heterocycles. The lowest BCUT2D eigenvalue weighted by molar-refractivity contribution is -0.110. The van der Waals surface area contributed by atoms with Crippen molar-refractivity contribution in [2.24, 2.45) is 15.9 Å². The number of hydroxylamine groups is 1. The van der Waals surface area contributed by atoms with Crippen LogP contribution in [0.1, 0.15) is 5.56 Å². The summed E-state index contributed by atoms with van der Waals surface area (Å²) in [5.74, 6) is 1.01. The SMILES string of the molecule is NC(=NN=C=C1C(=O)Nc2ccc(F)cc21)NO. The molecule has 0 fully saturated rings. The number of nitrogens with one attached hydrogen (secondary N) is 2. The Hall–Kier alpha value is -2.70. The van der Waals surface area contributed by atoms with Gasteiger partial charge in [-0.15, -0.1) is 10.2 Å². The first-order chi connectivity index (χ1) is 8.61. The van der Waals surface area contributed by atoms with Crippen LogP contribution in [0.3, 0.4) is 0 Å². The number of hydrogen-bond acceptors (Lipinski definition) is 4. The fourth-order valence-corrected chi connectivity index (χ4v) is 1.40. The first-order valence-electron chi connectivity index (χ1n) is 4.79. The van der Waals surface area contributed by atoms with Gasteiger partial charge in [0, 0.05) is 11.4 Å². The third-order valence-electron chi connectivity index (χ3n) is 2.16. The van der Waals surface area contributed by atoms with Crippen LogP contribution in [-0.2, 0) is 4.79 Å². The fourth-order valence-electron chi connectivity index (χ4n) is 1.40. The van der Waals surface area contributed by atoms with Crippen LogP contribution in [0, 0.1) is 5.82 Å². The number of carbonyl (C=O) groups excluding carboxylic acids is 1. The van der Waals surface area contributed by atoms with Crippen LogP contribution in [-0.4, -0.2) is 22.9 Å². The second-order valence-electron chi connectivity index (χ2n) is 3.33. The monoisotopic (exact) mass is 249 g/mol. The first kappa shape index (κ1) is 11.8. The van der Waals surface area contributed by atoms with E-state index in [2.05, 4.69) is 21.4 Å². The highest BCUT2D eigenvalue weighted by atomic mass is 19.1. The molecule has 8 heteroatoms. The van der Waals surface area contributed by atoms with Gasteiger partial charge in [-0.05, 0) is 18.2 Å². The molecule has 0 atom stereocenters. The van der Waals surface area contributed by atoms with E-state index in [-0.39, 0.29) is 11.5 Å². The van der Waals surface area contributed by atoms with Gasteiger partial charge in [-0.1, -0.05) is 0 Å². The summed E-state index contributed by atoms with van der Waals surface area (Å²) in [6.45, 7) is 0. The lowest BCUT2D eigenvalue weighted by Crippen LogP contribution is -2.27. The summed E-state index contributed by atoms with van der Waals surface area (Å²) in [4.78, 5) is 11.5. The molecule has 2 rings (SSSR count). The Balaban J connectivity index is 2.44. The number of guanidine groups is 1. The number of carbonyl (C=O) groups is 1. The largest absolute Gasteiger partial charge is 0.367 e. The van der Waals surface area contributed by atoms with Crippen LogP contribution in [0.4, 0.5) is 10.1 Å². The van der Waals surface area contributed by atoms with E-state index in [1.807, 2.05) is 0 Å². The molecule has 1 aliphatic rings. The van der Waals surface area contributed by atoms with Crippen LogP contribution in [0.25, 0.3) is 5.57 Å². The summed E-state index contributed by atoms with van der Waals surface area (Å²) < 4.78 is 13.1. The van der Waals surface area contributed by atoms with Crippen LogP contribution >= 0.6 is 0 Å². The number of benzene rings is 1. The van der Waals surface area contributed by atoms with Crippen molar-refractivity contribution < 1.29 is 14.4 Å². The minimum Gasteiger partial charge on any atom is -0.367 e. The summed E-state index contributed by atoms with van der Waals surface area (Å²) in [6, 6.07) is 3.84. The quantitative estimate of drug-likeness (QED) is 0.243. The summed E-state index contributed by atoms with van der Waals surface area (Å²) in [5, 5.41) is 17.5. The number of anilines is 1. The molecule has 1 amide bonds. The minimum atomic E-state index is -0.482. The fraction of sp³-hybridized carbons (Fsp3) is 0. The van der Waals surface area contributed by atoms with Crippen molar-refractivity contribution in [3.63, 3.8) is 0 Å². The third-order valence-corrected chi connectivity index (χ3v) is 2.16. The Labute approximate surface area is 100 Å². The molecule has 0 radical (unpaired) electrons. The summed E-state index contributed by atoms with van der Waals surface area (Å²) >= 11 is 0. The molecule has 0 saturated carbocycles. The van der Waals surface area contributed by atoms with Gasteiger partial charge >= 0.3 is 0 Å². The first-order valence-corrected chi connectivity index (χ1v) is 4.79. The molecule has 92 valence electrons.